The van der Waals surface area contributed by atoms with Gasteiger partial charge in [-0.25, -0.2) is 13.8 Å². The van der Waals surface area contributed by atoms with Gasteiger partial charge in [-0.1, -0.05) is 27.5 Å². The first-order valence-corrected chi connectivity index (χ1v) is 9.20. The lowest BCUT2D eigenvalue weighted by molar-refractivity contribution is 0.102. The van der Waals surface area contributed by atoms with Crippen LogP contribution in [0.1, 0.15) is 10.4 Å². The van der Waals surface area contributed by atoms with Gasteiger partial charge in [0.1, 0.15) is 5.52 Å². The van der Waals surface area contributed by atoms with E-state index < -0.39 is 11.6 Å². The highest BCUT2D eigenvalue weighted by Gasteiger charge is 2.16. The molecule has 0 atom stereocenters. The quantitative estimate of drug-likeness (QED) is 0.356. The number of carbonyl (C=O) groups is 1. The Morgan fingerprint density at radius 3 is 2.50 bits per heavy atom. The first-order chi connectivity index (χ1) is 13.4. The van der Waals surface area contributed by atoms with Crippen molar-refractivity contribution in [3.05, 3.63) is 81.3 Å². The van der Waals surface area contributed by atoms with Gasteiger partial charge in [-0.2, -0.15) is 0 Å². The Morgan fingerprint density at radius 1 is 1.04 bits per heavy atom. The molecule has 3 aromatic carbocycles. The van der Waals surface area contributed by atoms with Gasteiger partial charge < -0.3 is 9.73 Å². The third kappa shape index (κ3) is 3.63. The van der Waals surface area contributed by atoms with Crippen LogP contribution < -0.4 is 5.32 Å². The molecule has 0 saturated carbocycles. The van der Waals surface area contributed by atoms with Crippen molar-refractivity contribution in [2.45, 2.75) is 0 Å². The lowest BCUT2D eigenvalue weighted by atomic mass is 10.2. The fraction of sp³-hybridized carbons (Fsp3) is 0. The molecule has 0 spiro atoms. The molecule has 1 aromatic heterocycles. The summed E-state index contributed by atoms with van der Waals surface area (Å²) in [7, 11) is 0. The van der Waals surface area contributed by atoms with Gasteiger partial charge in [-0.15, -0.1) is 0 Å². The van der Waals surface area contributed by atoms with Crippen LogP contribution in [0.15, 0.2) is 63.5 Å². The maximum atomic E-state index is 13.5. The number of halogens is 4. The number of amides is 1. The number of nitrogens with zero attached hydrogens (tertiary/aromatic N) is 1. The zero-order chi connectivity index (χ0) is 19.8. The van der Waals surface area contributed by atoms with E-state index in [9.17, 15) is 13.6 Å². The van der Waals surface area contributed by atoms with E-state index in [1.165, 1.54) is 0 Å². The third-order valence-corrected chi connectivity index (χ3v) is 4.83. The minimum Gasteiger partial charge on any atom is -0.436 e. The molecule has 0 fully saturated rings. The third-order valence-electron chi connectivity index (χ3n) is 3.99. The van der Waals surface area contributed by atoms with Crippen molar-refractivity contribution in [3.8, 4) is 11.5 Å². The second-order valence-electron chi connectivity index (χ2n) is 5.91. The maximum Gasteiger partial charge on any atom is 0.255 e. The number of hydrogen-bond donors (Lipinski definition) is 1. The van der Waals surface area contributed by atoms with Crippen LogP contribution in [0, 0.1) is 11.6 Å². The van der Waals surface area contributed by atoms with Crippen LogP contribution in [0.3, 0.4) is 0 Å². The number of aromatic nitrogens is 1. The highest BCUT2D eigenvalue weighted by Crippen LogP contribution is 2.32. The molecule has 8 heteroatoms. The van der Waals surface area contributed by atoms with Gasteiger partial charge >= 0.3 is 0 Å². The van der Waals surface area contributed by atoms with Crippen molar-refractivity contribution in [2.24, 2.45) is 0 Å². The monoisotopic (exact) mass is 462 g/mol. The van der Waals surface area contributed by atoms with Crippen molar-refractivity contribution in [1.82, 2.24) is 4.98 Å². The fourth-order valence-electron chi connectivity index (χ4n) is 2.61. The van der Waals surface area contributed by atoms with Crippen LogP contribution in [0.2, 0.25) is 5.02 Å². The van der Waals surface area contributed by atoms with E-state index in [0.29, 0.717) is 22.4 Å². The fourth-order valence-corrected chi connectivity index (χ4v) is 3.11. The molecule has 0 radical (unpaired) electrons. The van der Waals surface area contributed by atoms with E-state index >= 15 is 0 Å². The van der Waals surface area contributed by atoms with Crippen LogP contribution in [0.25, 0.3) is 22.6 Å². The number of nitrogens with one attached hydrogen (secondary N) is 1. The lowest BCUT2D eigenvalue weighted by Crippen LogP contribution is -2.11. The van der Waals surface area contributed by atoms with Gasteiger partial charge in [-0.3, -0.25) is 4.79 Å². The Hall–Kier alpha value is -2.77. The molecule has 0 aliphatic heterocycles. The summed E-state index contributed by atoms with van der Waals surface area (Å²) in [5, 5.41) is 2.76. The molecule has 0 aliphatic carbocycles. The minimum atomic E-state index is -1.05. The number of carbonyl (C=O) groups excluding carboxylic acids is 1. The van der Waals surface area contributed by atoms with Crippen molar-refractivity contribution >= 4 is 50.2 Å². The van der Waals surface area contributed by atoms with Crippen molar-refractivity contribution in [3.63, 3.8) is 0 Å². The summed E-state index contributed by atoms with van der Waals surface area (Å²) in [5.41, 5.74) is 1.99. The van der Waals surface area contributed by atoms with Gasteiger partial charge in [0.25, 0.3) is 5.91 Å². The SMILES string of the molecule is O=C(Nc1ccc2oc(-c3cc(F)c(F)cc3Cl)nc2c1)c1ccc(Br)cc1. The highest BCUT2D eigenvalue weighted by atomic mass is 79.9. The zero-order valence-corrected chi connectivity index (χ0v) is 16.3. The highest BCUT2D eigenvalue weighted by molar-refractivity contribution is 9.10. The van der Waals surface area contributed by atoms with Gasteiger partial charge in [-0.05, 0) is 54.6 Å². The average molecular weight is 464 g/mol. The first kappa shape index (κ1) is 18.6. The van der Waals surface area contributed by atoms with Crippen LogP contribution in [0.4, 0.5) is 14.5 Å². The van der Waals surface area contributed by atoms with Gasteiger partial charge in [0.15, 0.2) is 17.2 Å². The standard InChI is InChI=1S/C20H10BrClF2N2O2/c21-11-3-1-10(2-4-11)19(27)25-12-5-6-18-17(7-12)26-20(28-18)13-8-15(23)16(24)9-14(13)22/h1-9H,(H,25,27). The Labute approximate surface area is 171 Å². The second kappa shape index (κ2) is 7.33. The van der Waals surface area contributed by atoms with E-state index in [4.69, 9.17) is 16.0 Å². The van der Waals surface area contributed by atoms with Crippen molar-refractivity contribution in [1.29, 1.82) is 0 Å². The number of oxazole rings is 1. The van der Waals surface area contributed by atoms with Crippen LogP contribution in [-0.2, 0) is 0 Å². The molecule has 4 nitrogen and oxygen atoms in total. The van der Waals surface area contributed by atoms with Crippen LogP contribution in [0.5, 0.6) is 0 Å². The number of rotatable bonds is 3. The molecule has 0 aliphatic rings. The predicted octanol–water partition coefficient (Wildman–Crippen LogP) is 6.44. The molecule has 1 N–H and O–H groups in total. The molecule has 140 valence electrons. The number of anilines is 1. The first-order valence-electron chi connectivity index (χ1n) is 8.03. The van der Waals surface area contributed by atoms with E-state index in [1.54, 1.807) is 42.5 Å². The molecule has 1 amide bonds. The van der Waals surface area contributed by atoms with E-state index in [1.807, 2.05) is 0 Å². The summed E-state index contributed by atoms with van der Waals surface area (Å²) >= 11 is 9.30. The summed E-state index contributed by atoms with van der Waals surface area (Å²) in [5.74, 6) is -2.33. The van der Waals surface area contributed by atoms with Crippen molar-refractivity contribution < 1.29 is 18.0 Å². The van der Waals surface area contributed by atoms with E-state index in [0.717, 1.165) is 16.6 Å². The van der Waals surface area contributed by atoms with Gasteiger partial charge in [0, 0.05) is 15.7 Å². The zero-order valence-electron chi connectivity index (χ0n) is 14.0. The lowest BCUT2D eigenvalue weighted by Gasteiger charge is -2.05. The summed E-state index contributed by atoms with van der Waals surface area (Å²) in [6, 6.07) is 13.6. The Kier molecular flexibility index (Phi) is 4.87. The van der Waals surface area contributed by atoms with E-state index in [-0.39, 0.29) is 22.4 Å². The molecule has 0 bridgehead atoms. The van der Waals surface area contributed by atoms with Crippen LogP contribution >= 0.6 is 27.5 Å². The summed E-state index contributed by atoms with van der Waals surface area (Å²) in [6.45, 7) is 0. The molecule has 4 rings (SSSR count). The van der Waals surface area contributed by atoms with Gasteiger partial charge in [0.05, 0.1) is 10.6 Å². The Bertz CT molecular complexity index is 1210. The molecule has 28 heavy (non-hydrogen) atoms. The minimum absolute atomic E-state index is 0.0192. The molecule has 4 aromatic rings. The second-order valence-corrected chi connectivity index (χ2v) is 7.23. The number of hydrogen-bond acceptors (Lipinski definition) is 3. The molecular formula is C20H10BrClF2N2O2. The Morgan fingerprint density at radius 2 is 1.75 bits per heavy atom. The largest absolute Gasteiger partial charge is 0.436 e. The van der Waals surface area contributed by atoms with Crippen LogP contribution in [-0.4, -0.2) is 10.9 Å². The molecule has 1 heterocycles. The summed E-state index contributed by atoms with van der Waals surface area (Å²) in [6.07, 6.45) is 0. The van der Waals surface area contributed by atoms with E-state index in [2.05, 4.69) is 26.2 Å². The summed E-state index contributed by atoms with van der Waals surface area (Å²) in [4.78, 5) is 16.6. The smallest absolute Gasteiger partial charge is 0.255 e. The normalized spacial score (nSPS) is 11.0. The van der Waals surface area contributed by atoms with Gasteiger partial charge in [0.2, 0.25) is 5.89 Å². The number of benzene rings is 3. The van der Waals surface area contributed by atoms with Crippen molar-refractivity contribution in [2.75, 3.05) is 5.32 Å². The number of fused-ring (bicyclic) bond motifs is 1. The average Bonchev–Trinajstić information content (AvgIpc) is 3.08. The topological polar surface area (TPSA) is 55.1 Å². The summed E-state index contributed by atoms with van der Waals surface area (Å²) < 4.78 is 33.3. The maximum absolute atomic E-state index is 13.5. The molecule has 0 saturated heterocycles. The molecule has 0 unspecified atom stereocenters. The predicted molar refractivity (Wildman–Crippen MR) is 106 cm³/mol. The Balaban J connectivity index is 1.64. The molecular weight excluding hydrogens is 454 g/mol.